The number of hydrogen-bond donors (Lipinski definition) is 1. The van der Waals surface area contributed by atoms with Crippen LogP contribution in [0.2, 0.25) is 0 Å². The van der Waals surface area contributed by atoms with Gasteiger partial charge in [0.2, 0.25) is 0 Å². The van der Waals surface area contributed by atoms with Crippen molar-refractivity contribution >= 4 is 27.5 Å². The van der Waals surface area contributed by atoms with Crippen LogP contribution in [0.25, 0.3) is 0 Å². The van der Waals surface area contributed by atoms with Gasteiger partial charge >= 0.3 is 6.18 Å². The highest BCUT2D eigenvalue weighted by Gasteiger charge is 2.30. The molecule has 0 fully saturated rings. The monoisotopic (exact) mass is 414 g/mol. The molecule has 3 rings (SSSR count). The van der Waals surface area contributed by atoms with Gasteiger partial charge in [-0.25, -0.2) is 8.42 Å². The number of alkyl halides is 3. The van der Waals surface area contributed by atoms with Crippen molar-refractivity contribution in [3.05, 3.63) is 60.4 Å². The maximum atomic E-state index is 12.6. The lowest BCUT2D eigenvalue weighted by Crippen LogP contribution is -2.13. The minimum absolute atomic E-state index is 0.256. The molecule has 0 radical (unpaired) electrons. The molecule has 0 bridgehead atoms. The summed E-state index contributed by atoms with van der Waals surface area (Å²) < 4.78 is 66.5. The molecule has 0 atom stereocenters. The minimum atomic E-state index is -4.52. The molecule has 0 saturated carbocycles. The molecule has 0 amide bonds. The number of halogens is 3. The largest absolute Gasteiger partial charge is 0.416 e. The molecule has 3 aromatic rings. The van der Waals surface area contributed by atoms with E-state index in [0.29, 0.717) is 5.16 Å². The van der Waals surface area contributed by atoms with Gasteiger partial charge in [-0.3, -0.25) is 4.72 Å². The number of nitrogens with one attached hydrogen (secondary N) is 1. The van der Waals surface area contributed by atoms with Gasteiger partial charge in [-0.15, -0.1) is 10.2 Å². The van der Waals surface area contributed by atoms with E-state index >= 15 is 0 Å². The zero-order valence-corrected chi connectivity index (χ0v) is 15.4. The molecule has 0 aliphatic rings. The molecule has 0 spiro atoms. The lowest BCUT2D eigenvalue weighted by molar-refractivity contribution is -0.137. The van der Waals surface area contributed by atoms with E-state index in [9.17, 15) is 21.6 Å². The molecule has 2 aromatic carbocycles. The van der Waals surface area contributed by atoms with Crippen molar-refractivity contribution in [1.82, 2.24) is 14.8 Å². The molecule has 11 heteroatoms. The second-order valence-corrected chi connectivity index (χ2v) is 8.20. The fourth-order valence-electron chi connectivity index (χ4n) is 2.10. The summed E-state index contributed by atoms with van der Waals surface area (Å²) in [5.41, 5.74) is -0.621. The van der Waals surface area contributed by atoms with Gasteiger partial charge in [-0.05, 0) is 60.3 Å². The first-order valence-corrected chi connectivity index (χ1v) is 9.77. The van der Waals surface area contributed by atoms with E-state index in [2.05, 4.69) is 14.9 Å². The topological polar surface area (TPSA) is 76.9 Å². The Balaban J connectivity index is 1.73. The van der Waals surface area contributed by atoms with Crippen LogP contribution in [0, 0.1) is 0 Å². The first-order chi connectivity index (χ1) is 12.6. The molecule has 1 aromatic heterocycles. The van der Waals surface area contributed by atoms with Crippen LogP contribution in [0.4, 0.5) is 18.9 Å². The third-order valence-electron chi connectivity index (χ3n) is 3.48. The Kier molecular flexibility index (Phi) is 5.16. The Morgan fingerprint density at radius 2 is 1.67 bits per heavy atom. The number of sulfonamides is 1. The molecule has 6 nitrogen and oxygen atoms in total. The summed E-state index contributed by atoms with van der Waals surface area (Å²) in [6.45, 7) is 0. The first-order valence-electron chi connectivity index (χ1n) is 7.47. The molecule has 0 unspecified atom stereocenters. The van der Waals surface area contributed by atoms with Crippen LogP contribution in [0.15, 0.2) is 69.8 Å². The average Bonchev–Trinajstić information content (AvgIpc) is 3.01. The molecule has 0 aliphatic heterocycles. The highest BCUT2D eigenvalue weighted by atomic mass is 32.2. The summed E-state index contributed by atoms with van der Waals surface area (Å²) in [6, 6.07) is 9.81. The molecule has 1 N–H and O–H groups in total. The van der Waals surface area contributed by atoms with Gasteiger partial charge < -0.3 is 4.57 Å². The average molecular weight is 414 g/mol. The van der Waals surface area contributed by atoms with E-state index in [1.54, 1.807) is 42.2 Å². The van der Waals surface area contributed by atoms with E-state index in [1.165, 1.54) is 11.8 Å². The van der Waals surface area contributed by atoms with Crippen molar-refractivity contribution < 1.29 is 21.6 Å². The van der Waals surface area contributed by atoms with Crippen molar-refractivity contribution in [3.63, 3.8) is 0 Å². The van der Waals surface area contributed by atoms with Gasteiger partial charge in [0, 0.05) is 17.6 Å². The van der Waals surface area contributed by atoms with Crippen molar-refractivity contribution in [2.24, 2.45) is 7.05 Å². The number of rotatable bonds is 5. The molecule has 0 saturated heterocycles. The zero-order valence-electron chi connectivity index (χ0n) is 13.8. The third-order valence-corrected chi connectivity index (χ3v) is 5.93. The highest BCUT2D eigenvalue weighted by Crippen LogP contribution is 2.30. The first kappa shape index (κ1) is 19.2. The summed E-state index contributed by atoms with van der Waals surface area (Å²) >= 11 is 1.35. The molecule has 142 valence electrons. The van der Waals surface area contributed by atoms with E-state index in [4.69, 9.17) is 0 Å². The third kappa shape index (κ3) is 4.61. The van der Waals surface area contributed by atoms with Crippen LogP contribution in [-0.2, 0) is 23.2 Å². The minimum Gasteiger partial charge on any atom is -0.311 e. The van der Waals surface area contributed by atoms with Crippen molar-refractivity contribution in [2.75, 3.05) is 4.72 Å². The Hall–Kier alpha value is -2.53. The van der Waals surface area contributed by atoms with Crippen molar-refractivity contribution in [2.45, 2.75) is 21.1 Å². The maximum Gasteiger partial charge on any atom is 0.416 e. The van der Waals surface area contributed by atoms with Gasteiger partial charge in [0.25, 0.3) is 10.0 Å². The van der Waals surface area contributed by atoms with Crippen molar-refractivity contribution in [1.29, 1.82) is 0 Å². The highest BCUT2D eigenvalue weighted by molar-refractivity contribution is 7.99. The van der Waals surface area contributed by atoms with Crippen molar-refractivity contribution in [3.8, 4) is 0 Å². The predicted octanol–water partition coefficient (Wildman–Crippen LogP) is 3.79. The van der Waals surface area contributed by atoms with Gasteiger partial charge in [-0.2, -0.15) is 13.2 Å². The molecule has 0 aliphatic carbocycles. The SMILES string of the molecule is Cn1cnnc1Sc1ccc(NS(=O)(=O)c2ccc(C(F)(F)F)cc2)cc1. The quantitative estimate of drug-likeness (QED) is 0.688. The number of hydrogen-bond acceptors (Lipinski definition) is 5. The molecule has 1 heterocycles. The predicted molar refractivity (Wildman–Crippen MR) is 93.8 cm³/mol. The second kappa shape index (κ2) is 7.24. The lowest BCUT2D eigenvalue weighted by Gasteiger charge is -2.10. The zero-order chi connectivity index (χ0) is 19.7. The summed E-state index contributed by atoms with van der Waals surface area (Å²) in [4.78, 5) is 0.566. The Bertz CT molecular complexity index is 1030. The van der Waals surface area contributed by atoms with E-state index in [-0.39, 0.29) is 10.6 Å². The summed E-state index contributed by atoms with van der Waals surface area (Å²) in [7, 11) is -2.20. The van der Waals surface area contributed by atoms with Crippen LogP contribution in [0.5, 0.6) is 0 Å². The maximum absolute atomic E-state index is 12.6. The van der Waals surface area contributed by atoms with E-state index in [1.807, 2.05) is 0 Å². The molecular formula is C16H13F3N4O2S2. The standard InChI is InChI=1S/C16H13F3N4O2S2/c1-23-10-20-21-15(23)26-13-6-4-12(5-7-13)22-27(24,25)14-8-2-11(3-9-14)16(17,18)19/h2-10,22H,1H3. The van der Waals surface area contributed by atoms with Gasteiger partial charge in [0.15, 0.2) is 5.16 Å². The Labute approximate surface area is 157 Å². The van der Waals surface area contributed by atoms with Crippen LogP contribution < -0.4 is 4.72 Å². The van der Waals surface area contributed by atoms with E-state index < -0.39 is 21.8 Å². The number of nitrogens with zero attached hydrogens (tertiary/aromatic N) is 3. The van der Waals surface area contributed by atoms with Crippen LogP contribution in [0.3, 0.4) is 0 Å². The number of aryl methyl sites for hydroxylation is 1. The van der Waals surface area contributed by atoms with E-state index in [0.717, 1.165) is 29.2 Å². The Morgan fingerprint density at radius 3 is 2.19 bits per heavy atom. The molecule has 27 heavy (non-hydrogen) atoms. The second-order valence-electron chi connectivity index (χ2n) is 5.48. The fourth-order valence-corrected chi connectivity index (χ4v) is 3.92. The number of benzene rings is 2. The van der Waals surface area contributed by atoms with Crippen LogP contribution in [-0.4, -0.2) is 23.2 Å². The number of aromatic nitrogens is 3. The van der Waals surface area contributed by atoms with Gasteiger partial charge in [0.05, 0.1) is 10.5 Å². The lowest BCUT2D eigenvalue weighted by atomic mass is 10.2. The summed E-state index contributed by atoms with van der Waals surface area (Å²) in [5.74, 6) is 0. The van der Waals surface area contributed by atoms with Gasteiger partial charge in [0.1, 0.15) is 6.33 Å². The van der Waals surface area contributed by atoms with Crippen LogP contribution in [0.1, 0.15) is 5.56 Å². The van der Waals surface area contributed by atoms with Gasteiger partial charge in [-0.1, -0.05) is 0 Å². The fraction of sp³-hybridized carbons (Fsp3) is 0.125. The Morgan fingerprint density at radius 1 is 1.04 bits per heavy atom. The van der Waals surface area contributed by atoms with Crippen LogP contribution >= 0.6 is 11.8 Å². The number of anilines is 1. The molecular weight excluding hydrogens is 401 g/mol. The normalized spacial score (nSPS) is 12.1. The smallest absolute Gasteiger partial charge is 0.311 e. The summed E-state index contributed by atoms with van der Waals surface area (Å²) in [6.07, 6.45) is -2.96. The summed E-state index contributed by atoms with van der Waals surface area (Å²) in [5, 5.41) is 8.38.